The smallest absolute Gasteiger partial charge is 0.146 e. The molecular weight excluding hydrogens is 319 g/mol. The van der Waals surface area contributed by atoms with Crippen molar-refractivity contribution in [2.75, 3.05) is 0 Å². The highest BCUT2D eigenvalue weighted by Gasteiger charge is 2.45. The third kappa shape index (κ3) is 1.73. The van der Waals surface area contributed by atoms with Gasteiger partial charge in [0.1, 0.15) is 11.9 Å². The van der Waals surface area contributed by atoms with E-state index in [1.165, 1.54) is 6.33 Å². The maximum atomic E-state index is 11.5. The molecule has 0 saturated heterocycles. The molecule has 4 rings (SSSR count). The minimum absolute atomic E-state index is 0.489. The van der Waals surface area contributed by atoms with Gasteiger partial charge in [-0.25, -0.2) is 9.97 Å². The van der Waals surface area contributed by atoms with Crippen LogP contribution >= 0.6 is 23.2 Å². The first-order chi connectivity index (χ1) is 10.6. The van der Waals surface area contributed by atoms with Crippen LogP contribution in [0.25, 0.3) is 11.3 Å². The number of fused-ring (bicyclic) bond motifs is 3. The monoisotopic (exact) mass is 328 g/mol. The molecule has 3 aromatic rings. The molecule has 0 bridgehead atoms. The average molecular weight is 329 g/mol. The van der Waals surface area contributed by atoms with Gasteiger partial charge in [-0.1, -0.05) is 47.5 Å². The highest BCUT2D eigenvalue weighted by molar-refractivity contribution is 6.32. The van der Waals surface area contributed by atoms with E-state index in [2.05, 4.69) is 9.97 Å². The van der Waals surface area contributed by atoms with Crippen molar-refractivity contribution in [2.24, 2.45) is 0 Å². The first-order valence-corrected chi connectivity index (χ1v) is 7.46. The quantitative estimate of drug-likeness (QED) is 0.733. The maximum Gasteiger partial charge on any atom is 0.146 e. The van der Waals surface area contributed by atoms with Crippen LogP contribution in [0.15, 0.2) is 55.0 Å². The second-order valence-electron chi connectivity index (χ2n) is 5.17. The number of aromatic nitrogens is 2. The summed E-state index contributed by atoms with van der Waals surface area (Å²) in [6, 6.07) is 12.6. The largest absolute Gasteiger partial charge is 0.376 e. The molecule has 0 saturated carbocycles. The Labute approximate surface area is 137 Å². The molecule has 108 valence electrons. The summed E-state index contributed by atoms with van der Waals surface area (Å²) < 4.78 is 0. The second-order valence-corrected chi connectivity index (χ2v) is 6.01. The van der Waals surface area contributed by atoms with Crippen molar-refractivity contribution in [1.29, 1.82) is 0 Å². The highest BCUT2D eigenvalue weighted by Crippen LogP contribution is 2.51. The molecule has 2 aromatic carbocycles. The van der Waals surface area contributed by atoms with E-state index in [4.69, 9.17) is 23.2 Å². The molecule has 3 nitrogen and oxygen atoms in total. The molecule has 1 aromatic heterocycles. The molecule has 0 radical (unpaired) electrons. The van der Waals surface area contributed by atoms with Crippen molar-refractivity contribution in [3.8, 4) is 11.3 Å². The van der Waals surface area contributed by atoms with Crippen molar-refractivity contribution in [1.82, 2.24) is 9.97 Å². The molecule has 5 heteroatoms. The zero-order valence-corrected chi connectivity index (χ0v) is 12.8. The molecular formula is C17H10Cl2N2O. The Bertz CT molecular complexity index is 897. The minimum Gasteiger partial charge on any atom is -0.376 e. The third-order valence-electron chi connectivity index (χ3n) is 3.99. The van der Waals surface area contributed by atoms with Crippen molar-refractivity contribution in [3.63, 3.8) is 0 Å². The van der Waals surface area contributed by atoms with Crippen LogP contribution in [0.5, 0.6) is 0 Å². The van der Waals surface area contributed by atoms with Gasteiger partial charge < -0.3 is 5.11 Å². The van der Waals surface area contributed by atoms with Crippen LogP contribution in [0.4, 0.5) is 0 Å². The molecule has 1 aliphatic rings. The number of hydrogen-bond donors (Lipinski definition) is 1. The molecule has 22 heavy (non-hydrogen) atoms. The summed E-state index contributed by atoms with van der Waals surface area (Å²) in [6.45, 7) is 0. The summed E-state index contributed by atoms with van der Waals surface area (Å²) in [4.78, 5) is 8.38. The van der Waals surface area contributed by atoms with Crippen molar-refractivity contribution >= 4 is 23.2 Å². The van der Waals surface area contributed by atoms with Gasteiger partial charge in [0.15, 0.2) is 0 Å². The molecule has 1 heterocycles. The van der Waals surface area contributed by atoms with Gasteiger partial charge in [-0.15, -0.1) is 0 Å². The second kappa shape index (κ2) is 4.78. The standard InChI is InChI=1S/C17H10Cl2N2O/c18-10-5-6-12-11(7-10)16-14(8-20-9-21-16)17(12,22)13-3-1-2-4-15(13)19/h1-9,22H. The van der Waals surface area contributed by atoms with Crippen LogP contribution < -0.4 is 0 Å². The molecule has 0 spiro atoms. The Morgan fingerprint density at radius 1 is 0.955 bits per heavy atom. The van der Waals surface area contributed by atoms with Crippen molar-refractivity contribution in [2.45, 2.75) is 5.60 Å². The SMILES string of the molecule is OC1(c2ccccc2Cl)c2ccc(Cl)cc2-c2ncncc21. The fraction of sp³-hybridized carbons (Fsp3) is 0.0588. The van der Waals surface area contributed by atoms with Gasteiger partial charge in [-0.3, -0.25) is 0 Å². The van der Waals surface area contributed by atoms with Gasteiger partial charge in [0.2, 0.25) is 0 Å². The first-order valence-electron chi connectivity index (χ1n) is 6.70. The fourth-order valence-corrected chi connectivity index (χ4v) is 3.47. The lowest BCUT2D eigenvalue weighted by molar-refractivity contribution is 0.130. The van der Waals surface area contributed by atoms with Gasteiger partial charge in [0, 0.05) is 38.5 Å². The summed E-state index contributed by atoms with van der Waals surface area (Å²) in [5.74, 6) is 0. The van der Waals surface area contributed by atoms with E-state index in [1.807, 2.05) is 24.3 Å². The Morgan fingerprint density at radius 3 is 2.59 bits per heavy atom. The van der Waals surface area contributed by atoms with E-state index in [9.17, 15) is 5.11 Å². The van der Waals surface area contributed by atoms with Crippen LogP contribution in [0, 0.1) is 0 Å². The summed E-state index contributed by atoms with van der Waals surface area (Å²) in [5.41, 5.74) is 2.02. The predicted octanol–water partition coefficient (Wildman–Crippen LogP) is 4.05. The number of rotatable bonds is 1. The molecule has 1 aliphatic carbocycles. The molecule has 0 fully saturated rings. The summed E-state index contributed by atoms with van der Waals surface area (Å²) in [6.07, 6.45) is 3.08. The molecule has 1 atom stereocenters. The lowest BCUT2D eigenvalue weighted by Gasteiger charge is -2.26. The van der Waals surface area contributed by atoms with E-state index in [0.29, 0.717) is 32.4 Å². The van der Waals surface area contributed by atoms with Gasteiger partial charge in [-0.2, -0.15) is 0 Å². The zero-order chi connectivity index (χ0) is 15.3. The lowest BCUT2D eigenvalue weighted by atomic mass is 9.85. The predicted molar refractivity (Wildman–Crippen MR) is 86.0 cm³/mol. The molecule has 0 aliphatic heterocycles. The fourth-order valence-electron chi connectivity index (χ4n) is 3.03. The van der Waals surface area contributed by atoms with Gasteiger partial charge >= 0.3 is 0 Å². The van der Waals surface area contributed by atoms with E-state index in [0.717, 1.165) is 5.56 Å². The maximum absolute atomic E-state index is 11.5. The third-order valence-corrected chi connectivity index (χ3v) is 4.56. The molecule has 0 amide bonds. The summed E-state index contributed by atoms with van der Waals surface area (Å²) >= 11 is 12.4. The highest BCUT2D eigenvalue weighted by atomic mass is 35.5. The van der Waals surface area contributed by atoms with E-state index in [-0.39, 0.29) is 0 Å². The van der Waals surface area contributed by atoms with Crippen LogP contribution in [0.1, 0.15) is 16.7 Å². The summed E-state index contributed by atoms with van der Waals surface area (Å²) in [5, 5.41) is 12.6. The zero-order valence-electron chi connectivity index (χ0n) is 11.3. The molecule has 1 N–H and O–H groups in total. The number of benzene rings is 2. The summed E-state index contributed by atoms with van der Waals surface area (Å²) in [7, 11) is 0. The van der Waals surface area contributed by atoms with Crippen LogP contribution in [-0.2, 0) is 5.60 Å². The van der Waals surface area contributed by atoms with Gasteiger partial charge in [0.05, 0.1) is 5.69 Å². The minimum atomic E-state index is -1.38. The van der Waals surface area contributed by atoms with Crippen molar-refractivity contribution in [3.05, 3.63) is 81.7 Å². The van der Waals surface area contributed by atoms with Gasteiger partial charge in [0.25, 0.3) is 0 Å². The van der Waals surface area contributed by atoms with E-state index < -0.39 is 5.60 Å². The Morgan fingerprint density at radius 2 is 1.77 bits per heavy atom. The van der Waals surface area contributed by atoms with Gasteiger partial charge in [-0.05, 0) is 18.2 Å². The molecule has 1 unspecified atom stereocenters. The Kier molecular flexibility index (Phi) is 2.98. The van der Waals surface area contributed by atoms with E-state index in [1.54, 1.807) is 24.4 Å². The average Bonchev–Trinajstić information content (AvgIpc) is 2.78. The van der Waals surface area contributed by atoms with E-state index >= 15 is 0 Å². The van der Waals surface area contributed by atoms with Crippen LogP contribution in [-0.4, -0.2) is 15.1 Å². The number of aliphatic hydroxyl groups is 1. The normalized spacial score (nSPS) is 18.9. The lowest BCUT2D eigenvalue weighted by Crippen LogP contribution is -2.26. The number of hydrogen-bond acceptors (Lipinski definition) is 3. The Balaban J connectivity index is 2.12. The Hall–Kier alpha value is -1.94. The number of nitrogens with zero attached hydrogens (tertiary/aromatic N) is 2. The van der Waals surface area contributed by atoms with Crippen molar-refractivity contribution < 1.29 is 5.11 Å². The number of halogens is 2. The van der Waals surface area contributed by atoms with Crippen LogP contribution in [0.2, 0.25) is 10.0 Å². The van der Waals surface area contributed by atoms with Crippen LogP contribution in [0.3, 0.4) is 0 Å². The first kappa shape index (κ1) is 13.7. The topological polar surface area (TPSA) is 46.0 Å².